The van der Waals surface area contributed by atoms with Crippen molar-refractivity contribution in [2.75, 3.05) is 58.3 Å². The molecular formula is C24H34Cl2N4O4. The van der Waals surface area contributed by atoms with Crippen LogP contribution < -0.4 is 5.32 Å². The molecule has 1 unspecified atom stereocenters. The number of carbonyl (C=O) groups excluding carboxylic acids is 2. The van der Waals surface area contributed by atoms with E-state index < -0.39 is 0 Å². The summed E-state index contributed by atoms with van der Waals surface area (Å²) >= 11 is 12.0. The predicted molar refractivity (Wildman–Crippen MR) is 132 cm³/mol. The summed E-state index contributed by atoms with van der Waals surface area (Å²) in [7, 11) is 1.65. The van der Waals surface area contributed by atoms with Gasteiger partial charge in [0, 0.05) is 51.9 Å². The van der Waals surface area contributed by atoms with E-state index in [0.717, 1.165) is 38.8 Å². The van der Waals surface area contributed by atoms with Gasteiger partial charge in [-0.25, -0.2) is 4.79 Å². The molecule has 1 aromatic carbocycles. The van der Waals surface area contributed by atoms with Crippen LogP contribution in [0.1, 0.15) is 32.1 Å². The van der Waals surface area contributed by atoms with E-state index in [1.54, 1.807) is 30.2 Å². The average molecular weight is 513 g/mol. The van der Waals surface area contributed by atoms with Crippen LogP contribution >= 0.6 is 23.2 Å². The van der Waals surface area contributed by atoms with Gasteiger partial charge in [-0.3, -0.25) is 4.79 Å². The number of halogens is 2. The number of urea groups is 1. The molecule has 3 fully saturated rings. The molecule has 0 radical (unpaired) electrons. The Bertz CT molecular complexity index is 898. The molecule has 34 heavy (non-hydrogen) atoms. The van der Waals surface area contributed by atoms with Crippen molar-refractivity contribution in [2.24, 2.45) is 5.41 Å². The van der Waals surface area contributed by atoms with Gasteiger partial charge >= 0.3 is 6.03 Å². The van der Waals surface area contributed by atoms with Gasteiger partial charge in [0.1, 0.15) is 0 Å². The summed E-state index contributed by atoms with van der Waals surface area (Å²) in [5, 5.41) is 14.1. The van der Waals surface area contributed by atoms with Gasteiger partial charge < -0.3 is 29.9 Å². The van der Waals surface area contributed by atoms with E-state index in [0.29, 0.717) is 48.5 Å². The average Bonchev–Trinajstić information content (AvgIpc) is 3.61. The molecule has 3 aliphatic rings. The van der Waals surface area contributed by atoms with Crippen molar-refractivity contribution in [3.8, 4) is 0 Å². The molecule has 1 saturated carbocycles. The van der Waals surface area contributed by atoms with Crippen LogP contribution in [0.5, 0.6) is 0 Å². The molecule has 2 saturated heterocycles. The Balaban J connectivity index is 1.31. The Hall–Kier alpha value is -1.58. The first kappa shape index (κ1) is 25.5. The van der Waals surface area contributed by atoms with E-state index in [2.05, 4.69) is 10.2 Å². The number of amides is 3. The van der Waals surface area contributed by atoms with E-state index >= 15 is 0 Å². The molecule has 1 aromatic rings. The highest BCUT2D eigenvalue weighted by Gasteiger charge is 2.51. The first-order chi connectivity index (χ1) is 16.3. The maximum atomic E-state index is 13.0. The van der Waals surface area contributed by atoms with Crippen LogP contribution in [-0.4, -0.2) is 96.9 Å². The topological polar surface area (TPSA) is 85.3 Å². The lowest BCUT2D eigenvalue weighted by Crippen LogP contribution is -2.49. The van der Waals surface area contributed by atoms with Gasteiger partial charge in [-0.15, -0.1) is 0 Å². The maximum absolute atomic E-state index is 13.0. The predicted octanol–water partition coefficient (Wildman–Crippen LogP) is 3.31. The van der Waals surface area contributed by atoms with Crippen LogP contribution in [0.25, 0.3) is 0 Å². The van der Waals surface area contributed by atoms with Crippen LogP contribution in [0.4, 0.5) is 10.5 Å². The summed E-state index contributed by atoms with van der Waals surface area (Å²) in [5.74, 6) is 0.0301. The number of aliphatic hydroxyl groups is 1. The monoisotopic (exact) mass is 512 g/mol. The quantitative estimate of drug-likeness (QED) is 0.585. The minimum Gasteiger partial charge on any atom is -0.391 e. The molecule has 2 aliphatic heterocycles. The van der Waals surface area contributed by atoms with Crippen molar-refractivity contribution < 1.29 is 19.4 Å². The number of nitrogens with one attached hydrogen (secondary N) is 1. The standard InChI is InChI=1S/C24H34Cl2N4O4/c1-34-16-18(4-9-28-11-8-24(6-7-24)21(31)15-28)30-13-12-29(10-5-22(30)32)23(33)27-17-2-3-19(25)20(26)14-17/h2-3,14,18,21,31H,4-13,15-16H2,1H3,(H,27,33)/t18?,21-/m1/s1. The normalized spacial score (nSPS) is 23.6. The van der Waals surface area contributed by atoms with Crippen molar-refractivity contribution in [1.29, 1.82) is 0 Å². The summed E-state index contributed by atoms with van der Waals surface area (Å²) < 4.78 is 5.45. The van der Waals surface area contributed by atoms with Crippen molar-refractivity contribution in [3.63, 3.8) is 0 Å². The number of methoxy groups -OCH3 is 1. The second-order valence-electron chi connectivity index (χ2n) is 9.71. The Morgan fingerprint density at radius 1 is 1.21 bits per heavy atom. The van der Waals surface area contributed by atoms with Crippen molar-refractivity contribution >= 4 is 40.8 Å². The Labute approximate surface area is 211 Å². The van der Waals surface area contributed by atoms with Gasteiger partial charge in [0.05, 0.1) is 28.8 Å². The summed E-state index contributed by atoms with van der Waals surface area (Å²) in [6, 6.07) is 4.60. The molecule has 8 nitrogen and oxygen atoms in total. The zero-order valence-electron chi connectivity index (χ0n) is 19.6. The van der Waals surface area contributed by atoms with Crippen LogP contribution in [0.3, 0.4) is 0 Å². The highest BCUT2D eigenvalue weighted by atomic mass is 35.5. The number of hydrogen-bond donors (Lipinski definition) is 2. The number of aliphatic hydroxyl groups excluding tert-OH is 1. The number of benzene rings is 1. The third kappa shape index (κ3) is 5.97. The van der Waals surface area contributed by atoms with Crippen LogP contribution in [-0.2, 0) is 9.53 Å². The molecule has 0 aromatic heterocycles. The number of piperidine rings is 1. The van der Waals surface area contributed by atoms with Gasteiger partial charge in [0.2, 0.25) is 5.91 Å². The number of hydrogen-bond acceptors (Lipinski definition) is 5. The zero-order chi connectivity index (χ0) is 24.3. The molecule has 4 rings (SSSR count). The fourth-order valence-corrected chi connectivity index (χ4v) is 5.38. The summed E-state index contributed by atoms with van der Waals surface area (Å²) in [6.45, 7) is 4.19. The second-order valence-corrected chi connectivity index (χ2v) is 10.5. The molecule has 3 amide bonds. The third-order valence-corrected chi connectivity index (χ3v) is 8.26. The van der Waals surface area contributed by atoms with Crippen LogP contribution in [0, 0.1) is 5.41 Å². The van der Waals surface area contributed by atoms with E-state index in [4.69, 9.17) is 27.9 Å². The molecule has 2 heterocycles. The molecule has 2 N–H and O–H groups in total. The van der Waals surface area contributed by atoms with Crippen molar-refractivity contribution in [2.45, 2.75) is 44.2 Å². The Morgan fingerprint density at radius 2 is 2.00 bits per heavy atom. The smallest absolute Gasteiger partial charge is 0.321 e. The summed E-state index contributed by atoms with van der Waals surface area (Å²) in [6.07, 6.45) is 4.13. The largest absolute Gasteiger partial charge is 0.391 e. The molecule has 1 aliphatic carbocycles. The highest BCUT2D eigenvalue weighted by Crippen LogP contribution is 2.53. The Kier molecular flexibility index (Phi) is 8.25. The number of carbonyl (C=O) groups is 2. The number of β-amino-alcohol motifs (C(OH)–C–C–N with tert-alkyl or cyclic N) is 1. The first-order valence-corrected chi connectivity index (χ1v) is 12.8. The van der Waals surface area contributed by atoms with E-state index in [1.165, 1.54) is 0 Å². The van der Waals surface area contributed by atoms with Gasteiger partial charge in [-0.05, 0) is 55.8 Å². The van der Waals surface area contributed by atoms with Gasteiger partial charge in [-0.2, -0.15) is 0 Å². The minimum atomic E-state index is -0.271. The fraction of sp³-hybridized carbons (Fsp3) is 0.667. The second kappa shape index (κ2) is 11.0. The number of rotatable bonds is 7. The maximum Gasteiger partial charge on any atom is 0.321 e. The summed E-state index contributed by atoms with van der Waals surface area (Å²) in [4.78, 5) is 31.6. The number of ether oxygens (including phenoxy) is 1. The first-order valence-electron chi connectivity index (χ1n) is 12.0. The molecular weight excluding hydrogens is 479 g/mol. The van der Waals surface area contributed by atoms with Crippen LogP contribution in [0.15, 0.2) is 18.2 Å². The number of likely N-dealkylation sites (tertiary alicyclic amines) is 1. The molecule has 188 valence electrons. The fourth-order valence-electron chi connectivity index (χ4n) is 5.08. The lowest BCUT2D eigenvalue weighted by molar-refractivity contribution is -0.134. The van der Waals surface area contributed by atoms with E-state index in [-0.39, 0.29) is 35.9 Å². The SMILES string of the molecule is COCC(CCN1CCC2(CC2)[C@H](O)C1)N1CCN(C(=O)Nc2ccc(Cl)c(Cl)c2)CCC1=O. The number of nitrogens with zero attached hydrogens (tertiary/aromatic N) is 3. The van der Waals surface area contributed by atoms with E-state index in [9.17, 15) is 14.7 Å². The lowest BCUT2D eigenvalue weighted by Gasteiger charge is -2.38. The van der Waals surface area contributed by atoms with Gasteiger partial charge in [0.25, 0.3) is 0 Å². The van der Waals surface area contributed by atoms with Crippen molar-refractivity contribution in [3.05, 3.63) is 28.2 Å². The van der Waals surface area contributed by atoms with Crippen molar-refractivity contribution in [1.82, 2.24) is 14.7 Å². The van der Waals surface area contributed by atoms with Gasteiger partial charge in [-0.1, -0.05) is 23.2 Å². The highest BCUT2D eigenvalue weighted by molar-refractivity contribution is 6.42. The molecule has 0 bridgehead atoms. The Morgan fingerprint density at radius 3 is 2.68 bits per heavy atom. The minimum absolute atomic E-state index is 0.0301. The number of anilines is 1. The molecule has 2 atom stereocenters. The molecule has 10 heteroatoms. The third-order valence-electron chi connectivity index (χ3n) is 7.52. The van der Waals surface area contributed by atoms with E-state index in [1.807, 2.05) is 4.90 Å². The zero-order valence-corrected chi connectivity index (χ0v) is 21.2. The summed E-state index contributed by atoms with van der Waals surface area (Å²) in [5.41, 5.74) is 0.741. The van der Waals surface area contributed by atoms with Crippen LogP contribution in [0.2, 0.25) is 10.0 Å². The van der Waals surface area contributed by atoms with Gasteiger partial charge in [0.15, 0.2) is 0 Å². The lowest BCUT2D eigenvalue weighted by atomic mass is 9.90. The molecule has 1 spiro atoms.